The number of halogens is 2. The van der Waals surface area contributed by atoms with Gasteiger partial charge < -0.3 is 5.11 Å². The maximum absolute atomic E-state index is 13.6. The Kier molecular flexibility index (Phi) is 3.22. The van der Waals surface area contributed by atoms with E-state index in [0.29, 0.717) is 11.3 Å². The molecule has 4 heteroatoms. The third-order valence-corrected chi connectivity index (χ3v) is 4.57. The van der Waals surface area contributed by atoms with Crippen LogP contribution < -0.4 is 0 Å². The molecule has 1 aliphatic heterocycles. The predicted octanol–water partition coefficient (Wildman–Crippen LogP) is 3.27. The molecule has 1 aromatic rings. The van der Waals surface area contributed by atoms with E-state index in [0.717, 1.165) is 12.1 Å². The van der Waals surface area contributed by atoms with Crippen LogP contribution in [0.15, 0.2) is 12.1 Å². The lowest BCUT2D eigenvalue weighted by Crippen LogP contribution is -2.27. The standard InChI is InChI=1S/C12H14F2OS/c1-6(2)12-11(15)10-7(5-16-12)8(13)3-4-9(10)14/h3-4,6,11-12,15H,5H2,1-2H3. The van der Waals surface area contributed by atoms with Crippen molar-refractivity contribution in [3.05, 3.63) is 34.9 Å². The van der Waals surface area contributed by atoms with Crippen LogP contribution in [0, 0.1) is 17.6 Å². The molecule has 0 aliphatic carbocycles. The fourth-order valence-electron chi connectivity index (χ4n) is 2.07. The Bertz CT molecular complexity index is 406. The average molecular weight is 244 g/mol. The van der Waals surface area contributed by atoms with Gasteiger partial charge in [0.25, 0.3) is 0 Å². The summed E-state index contributed by atoms with van der Waals surface area (Å²) in [5.41, 5.74) is 0.465. The minimum absolute atomic E-state index is 0.0659. The Balaban J connectivity index is 2.48. The fraction of sp³-hybridized carbons (Fsp3) is 0.500. The number of benzene rings is 1. The van der Waals surface area contributed by atoms with Crippen molar-refractivity contribution in [1.29, 1.82) is 0 Å². The van der Waals surface area contributed by atoms with Gasteiger partial charge in [-0.15, -0.1) is 0 Å². The summed E-state index contributed by atoms with van der Waals surface area (Å²) in [7, 11) is 0. The number of hydrogen-bond donors (Lipinski definition) is 1. The van der Waals surface area contributed by atoms with Gasteiger partial charge in [0.2, 0.25) is 0 Å². The van der Waals surface area contributed by atoms with Crippen LogP contribution >= 0.6 is 11.8 Å². The predicted molar refractivity (Wildman–Crippen MR) is 61.2 cm³/mol. The van der Waals surface area contributed by atoms with Gasteiger partial charge in [-0.1, -0.05) is 13.8 Å². The second kappa shape index (κ2) is 4.34. The zero-order valence-electron chi connectivity index (χ0n) is 9.21. The largest absolute Gasteiger partial charge is 0.387 e. The van der Waals surface area contributed by atoms with E-state index < -0.39 is 17.7 Å². The van der Waals surface area contributed by atoms with Crippen LogP contribution in [-0.4, -0.2) is 10.4 Å². The maximum Gasteiger partial charge on any atom is 0.129 e. The first-order valence-corrected chi connectivity index (χ1v) is 6.33. The first kappa shape index (κ1) is 11.9. The molecule has 0 radical (unpaired) electrons. The number of hydrogen-bond acceptors (Lipinski definition) is 2. The maximum atomic E-state index is 13.6. The Morgan fingerprint density at radius 2 is 1.94 bits per heavy atom. The first-order chi connectivity index (χ1) is 7.52. The Morgan fingerprint density at radius 3 is 2.56 bits per heavy atom. The van der Waals surface area contributed by atoms with E-state index >= 15 is 0 Å². The van der Waals surface area contributed by atoms with Crippen molar-refractivity contribution in [3.8, 4) is 0 Å². The molecule has 88 valence electrons. The molecule has 1 N–H and O–H groups in total. The van der Waals surface area contributed by atoms with Crippen LogP contribution in [0.5, 0.6) is 0 Å². The summed E-state index contributed by atoms with van der Waals surface area (Å²) in [6.45, 7) is 3.95. The number of thioether (sulfide) groups is 1. The van der Waals surface area contributed by atoms with Crippen LogP contribution in [0.3, 0.4) is 0 Å². The van der Waals surface area contributed by atoms with Gasteiger partial charge in [0.15, 0.2) is 0 Å². The number of fused-ring (bicyclic) bond motifs is 1. The van der Waals surface area contributed by atoms with Gasteiger partial charge in [-0.05, 0) is 18.1 Å². The molecule has 2 atom stereocenters. The summed E-state index contributed by atoms with van der Waals surface area (Å²) >= 11 is 1.49. The Morgan fingerprint density at radius 1 is 1.31 bits per heavy atom. The number of aliphatic hydroxyl groups is 1. The van der Waals surface area contributed by atoms with Gasteiger partial charge in [0, 0.05) is 22.1 Å². The topological polar surface area (TPSA) is 20.2 Å². The number of rotatable bonds is 1. The second-order valence-electron chi connectivity index (χ2n) is 4.39. The third kappa shape index (κ3) is 1.84. The SMILES string of the molecule is CC(C)C1SCc2c(F)ccc(F)c2C1O. The highest BCUT2D eigenvalue weighted by atomic mass is 32.2. The molecule has 1 aliphatic rings. The van der Waals surface area contributed by atoms with Crippen molar-refractivity contribution >= 4 is 11.8 Å². The molecule has 0 spiro atoms. The molecule has 0 bridgehead atoms. The normalized spacial score (nSPS) is 24.6. The Labute approximate surface area is 97.9 Å². The van der Waals surface area contributed by atoms with Crippen LogP contribution in [0.4, 0.5) is 8.78 Å². The lowest BCUT2D eigenvalue weighted by atomic mass is 9.94. The van der Waals surface area contributed by atoms with Crippen LogP contribution in [-0.2, 0) is 5.75 Å². The van der Waals surface area contributed by atoms with Gasteiger partial charge in [-0.25, -0.2) is 8.78 Å². The third-order valence-electron chi connectivity index (χ3n) is 2.93. The van der Waals surface area contributed by atoms with Crippen molar-refractivity contribution in [2.75, 3.05) is 0 Å². The second-order valence-corrected chi connectivity index (χ2v) is 5.55. The number of aliphatic hydroxyl groups excluding tert-OH is 1. The molecule has 1 nitrogen and oxygen atoms in total. The van der Waals surface area contributed by atoms with E-state index in [-0.39, 0.29) is 16.7 Å². The molecule has 1 heterocycles. The summed E-state index contributed by atoms with van der Waals surface area (Å²) in [6.07, 6.45) is -0.913. The molecule has 0 saturated carbocycles. The van der Waals surface area contributed by atoms with E-state index in [1.165, 1.54) is 11.8 Å². The Hall–Kier alpha value is -0.610. The van der Waals surface area contributed by atoms with E-state index in [1.54, 1.807) is 0 Å². The molecule has 16 heavy (non-hydrogen) atoms. The zero-order chi connectivity index (χ0) is 11.9. The fourth-order valence-corrected chi connectivity index (χ4v) is 3.42. The smallest absolute Gasteiger partial charge is 0.129 e. The molecule has 2 rings (SSSR count). The summed E-state index contributed by atoms with van der Waals surface area (Å²) in [5, 5.41) is 10.0. The van der Waals surface area contributed by atoms with Crippen molar-refractivity contribution < 1.29 is 13.9 Å². The molecular weight excluding hydrogens is 230 g/mol. The average Bonchev–Trinajstić information content (AvgIpc) is 2.23. The molecule has 0 aromatic heterocycles. The zero-order valence-corrected chi connectivity index (χ0v) is 10.0. The minimum atomic E-state index is -0.913. The highest BCUT2D eigenvalue weighted by Crippen LogP contribution is 2.42. The quantitative estimate of drug-likeness (QED) is 0.818. The molecule has 0 amide bonds. The van der Waals surface area contributed by atoms with Gasteiger partial charge in [0.1, 0.15) is 11.6 Å². The summed E-state index contributed by atoms with van der Waals surface area (Å²) in [6, 6.07) is 2.21. The van der Waals surface area contributed by atoms with E-state index in [9.17, 15) is 13.9 Å². The lowest BCUT2D eigenvalue weighted by molar-refractivity contribution is 0.150. The highest BCUT2D eigenvalue weighted by molar-refractivity contribution is 7.99. The summed E-state index contributed by atoms with van der Waals surface area (Å²) in [4.78, 5) is 0. The van der Waals surface area contributed by atoms with Crippen LogP contribution in [0.1, 0.15) is 31.1 Å². The van der Waals surface area contributed by atoms with Crippen molar-refractivity contribution in [2.24, 2.45) is 5.92 Å². The first-order valence-electron chi connectivity index (χ1n) is 5.28. The van der Waals surface area contributed by atoms with E-state index in [4.69, 9.17) is 0 Å². The van der Waals surface area contributed by atoms with Crippen LogP contribution in [0.2, 0.25) is 0 Å². The van der Waals surface area contributed by atoms with Crippen molar-refractivity contribution in [3.63, 3.8) is 0 Å². The van der Waals surface area contributed by atoms with Gasteiger partial charge in [0.05, 0.1) is 6.10 Å². The lowest BCUT2D eigenvalue weighted by Gasteiger charge is -2.32. The molecular formula is C12H14F2OS. The summed E-state index contributed by atoms with van der Waals surface area (Å²) in [5.74, 6) is -0.269. The van der Waals surface area contributed by atoms with Crippen molar-refractivity contribution in [2.45, 2.75) is 31.0 Å². The monoisotopic (exact) mass is 244 g/mol. The minimum Gasteiger partial charge on any atom is -0.387 e. The molecule has 2 unspecified atom stereocenters. The molecule has 0 fully saturated rings. The van der Waals surface area contributed by atoms with E-state index in [1.807, 2.05) is 13.8 Å². The highest BCUT2D eigenvalue weighted by Gasteiger charge is 2.34. The van der Waals surface area contributed by atoms with Gasteiger partial charge in [-0.2, -0.15) is 11.8 Å². The van der Waals surface area contributed by atoms with Gasteiger partial charge >= 0.3 is 0 Å². The van der Waals surface area contributed by atoms with E-state index in [2.05, 4.69) is 0 Å². The molecule has 1 aromatic carbocycles. The molecule has 0 saturated heterocycles. The van der Waals surface area contributed by atoms with Gasteiger partial charge in [-0.3, -0.25) is 0 Å². The summed E-state index contributed by atoms with van der Waals surface area (Å²) < 4.78 is 27.1. The van der Waals surface area contributed by atoms with Crippen LogP contribution in [0.25, 0.3) is 0 Å². The van der Waals surface area contributed by atoms with Crippen molar-refractivity contribution in [1.82, 2.24) is 0 Å².